The van der Waals surface area contributed by atoms with Gasteiger partial charge in [-0.1, -0.05) is 19.3 Å². The molecule has 0 aromatic carbocycles. The number of H-pyrrole nitrogens is 1. The first-order chi connectivity index (χ1) is 11.5. The molecule has 0 spiro atoms. The Labute approximate surface area is 142 Å². The van der Waals surface area contributed by atoms with Crippen molar-refractivity contribution in [2.45, 2.75) is 58.8 Å². The summed E-state index contributed by atoms with van der Waals surface area (Å²) < 4.78 is 0. The van der Waals surface area contributed by atoms with Crippen molar-refractivity contribution in [3.8, 4) is 0 Å². The lowest BCUT2D eigenvalue weighted by molar-refractivity contribution is -0.118. The summed E-state index contributed by atoms with van der Waals surface area (Å²) in [7, 11) is 0. The average molecular weight is 336 g/mol. The summed E-state index contributed by atoms with van der Waals surface area (Å²) in [5.41, 5.74) is 0.411. The van der Waals surface area contributed by atoms with Gasteiger partial charge in [0.1, 0.15) is 11.6 Å². The van der Waals surface area contributed by atoms with Crippen molar-refractivity contribution in [1.82, 2.24) is 20.6 Å². The Hall–Kier alpha value is -2.18. The van der Waals surface area contributed by atoms with Crippen molar-refractivity contribution >= 4 is 11.8 Å². The molecule has 1 aromatic heterocycles. The van der Waals surface area contributed by atoms with Crippen LogP contribution in [0.5, 0.6) is 0 Å². The lowest BCUT2D eigenvalue weighted by Gasteiger charge is -2.05. The molecule has 0 aliphatic carbocycles. The molecule has 134 valence electrons. The summed E-state index contributed by atoms with van der Waals surface area (Å²) in [6.45, 7) is 4.93. The van der Waals surface area contributed by atoms with Crippen molar-refractivity contribution in [3.05, 3.63) is 27.9 Å². The highest BCUT2D eigenvalue weighted by atomic mass is 16.2. The first-order valence-corrected chi connectivity index (χ1v) is 8.61. The molecule has 0 saturated heterocycles. The Bertz CT molecular complexity index is 583. The lowest BCUT2D eigenvalue weighted by Crippen LogP contribution is -2.35. The standard InChI is InChI=1S/C17H28N4O3/c1-3-18-17(24)19-10-8-6-4-5-7-9-14(22)12-15-20-13(2)11-16(23)21-15/h11H,3-10,12H2,1-2H3,(H2,18,19,24)(H,20,21,23). The maximum Gasteiger partial charge on any atom is 0.314 e. The van der Waals surface area contributed by atoms with Gasteiger partial charge in [0, 0.05) is 31.3 Å². The van der Waals surface area contributed by atoms with Crippen LogP contribution in [0.3, 0.4) is 0 Å². The van der Waals surface area contributed by atoms with Crippen LogP contribution in [0.1, 0.15) is 57.0 Å². The van der Waals surface area contributed by atoms with Crippen LogP contribution in [0.4, 0.5) is 4.79 Å². The molecule has 24 heavy (non-hydrogen) atoms. The summed E-state index contributed by atoms with van der Waals surface area (Å²) in [6, 6.07) is 1.29. The Balaban J connectivity index is 2.05. The molecule has 0 atom stereocenters. The molecule has 0 saturated carbocycles. The van der Waals surface area contributed by atoms with E-state index in [-0.39, 0.29) is 23.8 Å². The molecular formula is C17H28N4O3. The van der Waals surface area contributed by atoms with Crippen LogP contribution in [-0.2, 0) is 11.2 Å². The number of aromatic nitrogens is 2. The molecular weight excluding hydrogens is 308 g/mol. The van der Waals surface area contributed by atoms with Gasteiger partial charge >= 0.3 is 6.03 Å². The molecule has 1 rings (SSSR count). The van der Waals surface area contributed by atoms with Crippen molar-refractivity contribution in [3.63, 3.8) is 0 Å². The number of urea groups is 1. The minimum atomic E-state index is -0.216. The number of aryl methyl sites for hydroxylation is 1. The van der Waals surface area contributed by atoms with Crippen molar-refractivity contribution in [2.24, 2.45) is 0 Å². The van der Waals surface area contributed by atoms with Crippen LogP contribution >= 0.6 is 0 Å². The number of nitrogens with one attached hydrogen (secondary N) is 3. The molecule has 7 heteroatoms. The second-order valence-electron chi connectivity index (χ2n) is 5.85. The first-order valence-electron chi connectivity index (χ1n) is 8.61. The predicted octanol–water partition coefficient (Wildman–Crippen LogP) is 1.85. The fraction of sp³-hybridized carbons (Fsp3) is 0.647. The summed E-state index contributed by atoms with van der Waals surface area (Å²) >= 11 is 0. The van der Waals surface area contributed by atoms with Crippen molar-refractivity contribution < 1.29 is 9.59 Å². The Kier molecular flexibility index (Phi) is 9.41. The van der Waals surface area contributed by atoms with Gasteiger partial charge in [0.05, 0.1) is 6.42 Å². The maximum absolute atomic E-state index is 11.9. The minimum absolute atomic E-state index is 0.0988. The summed E-state index contributed by atoms with van der Waals surface area (Å²) in [5.74, 6) is 0.545. The molecule has 0 unspecified atom stereocenters. The van der Waals surface area contributed by atoms with Gasteiger partial charge in [-0.15, -0.1) is 0 Å². The van der Waals surface area contributed by atoms with Gasteiger partial charge in [-0.3, -0.25) is 9.59 Å². The molecule has 0 fully saturated rings. The van der Waals surface area contributed by atoms with Gasteiger partial charge in [-0.25, -0.2) is 9.78 Å². The number of unbranched alkanes of at least 4 members (excludes halogenated alkanes) is 4. The number of carbonyl (C=O) groups is 2. The zero-order valence-electron chi connectivity index (χ0n) is 14.6. The van der Waals surface area contributed by atoms with E-state index in [1.807, 2.05) is 6.92 Å². The van der Waals surface area contributed by atoms with Crippen molar-refractivity contribution in [2.75, 3.05) is 13.1 Å². The molecule has 0 radical (unpaired) electrons. The second-order valence-corrected chi connectivity index (χ2v) is 5.85. The highest BCUT2D eigenvalue weighted by Crippen LogP contribution is 2.07. The van der Waals surface area contributed by atoms with E-state index in [0.29, 0.717) is 31.0 Å². The fourth-order valence-corrected chi connectivity index (χ4v) is 2.40. The third-order valence-corrected chi connectivity index (χ3v) is 3.54. The summed E-state index contributed by atoms with van der Waals surface area (Å²) in [5, 5.41) is 5.47. The molecule has 3 N–H and O–H groups in total. The molecule has 7 nitrogen and oxygen atoms in total. The number of hydrogen-bond acceptors (Lipinski definition) is 4. The van der Waals surface area contributed by atoms with E-state index < -0.39 is 0 Å². The number of carbonyl (C=O) groups excluding carboxylic acids is 2. The maximum atomic E-state index is 11.9. The molecule has 1 aromatic rings. The van der Waals surface area contributed by atoms with Gasteiger partial charge in [-0.05, 0) is 26.7 Å². The largest absolute Gasteiger partial charge is 0.338 e. The zero-order valence-corrected chi connectivity index (χ0v) is 14.6. The zero-order chi connectivity index (χ0) is 17.8. The number of nitrogens with zero attached hydrogens (tertiary/aromatic N) is 1. The van der Waals surface area contributed by atoms with Gasteiger partial charge in [0.25, 0.3) is 5.56 Å². The van der Waals surface area contributed by atoms with E-state index in [2.05, 4.69) is 20.6 Å². The molecule has 1 heterocycles. The van der Waals surface area contributed by atoms with Crippen LogP contribution in [0, 0.1) is 6.92 Å². The lowest BCUT2D eigenvalue weighted by atomic mass is 10.1. The molecule has 0 aliphatic rings. The van der Waals surface area contributed by atoms with Crippen LogP contribution in [0.15, 0.2) is 10.9 Å². The average Bonchev–Trinajstić information content (AvgIpc) is 2.49. The van der Waals surface area contributed by atoms with Gasteiger partial charge in [0.2, 0.25) is 0 Å². The summed E-state index contributed by atoms with van der Waals surface area (Å²) in [6.07, 6.45) is 5.56. The molecule has 0 bridgehead atoms. The van der Waals surface area contributed by atoms with Gasteiger partial charge in [0.15, 0.2) is 0 Å². The third kappa shape index (κ3) is 9.07. The highest BCUT2D eigenvalue weighted by molar-refractivity contribution is 5.80. The van der Waals surface area contributed by atoms with Crippen LogP contribution in [-0.4, -0.2) is 34.9 Å². The topological polar surface area (TPSA) is 104 Å². The monoisotopic (exact) mass is 336 g/mol. The minimum Gasteiger partial charge on any atom is -0.338 e. The van der Waals surface area contributed by atoms with E-state index in [1.165, 1.54) is 6.07 Å². The Morgan fingerprint density at radius 3 is 2.54 bits per heavy atom. The van der Waals surface area contributed by atoms with Crippen molar-refractivity contribution in [1.29, 1.82) is 0 Å². The highest BCUT2D eigenvalue weighted by Gasteiger charge is 2.06. The summed E-state index contributed by atoms with van der Waals surface area (Å²) in [4.78, 5) is 41.1. The Morgan fingerprint density at radius 2 is 1.83 bits per heavy atom. The number of hydrogen-bond donors (Lipinski definition) is 3. The van der Waals surface area contributed by atoms with E-state index in [1.54, 1.807) is 6.92 Å². The quantitative estimate of drug-likeness (QED) is 0.536. The van der Waals surface area contributed by atoms with Gasteiger partial charge < -0.3 is 15.6 Å². The predicted molar refractivity (Wildman–Crippen MR) is 93.1 cm³/mol. The smallest absolute Gasteiger partial charge is 0.314 e. The normalized spacial score (nSPS) is 10.4. The van der Waals surface area contributed by atoms with E-state index in [0.717, 1.165) is 32.1 Å². The number of amides is 2. The fourth-order valence-electron chi connectivity index (χ4n) is 2.40. The number of Topliss-reactive ketones (excluding diaryl/α,β-unsaturated/α-hetero) is 1. The van der Waals surface area contributed by atoms with E-state index >= 15 is 0 Å². The van der Waals surface area contributed by atoms with Crippen LogP contribution in [0.25, 0.3) is 0 Å². The first kappa shape index (κ1) is 19.9. The number of aromatic amines is 1. The molecule has 2 amide bonds. The van der Waals surface area contributed by atoms with Crippen LogP contribution in [0.2, 0.25) is 0 Å². The Morgan fingerprint density at radius 1 is 1.12 bits per heavy atom. The molecule has 0 aliphatic heterocycles. The van der Waals surface area contributed by atoms with E-state index in [9.17, 15) is 14.4 Å². The number of ketones is 1. The van der Waals surface area contributed by atoms with E-state index in [4.69, 9.17) is 0 Å². The second kappa shape index (κ2) is 11.4. The van der Waals surface area contributed by atoms with Gasteiger partial charge in [-0.2, -0.15) is 0 Å². The SMILES string of the molecule is CCNC(=O)NCCCCCCCC(=O)Cc1nc(C)cc(=O)[nH]1. The number of rotatable bonds is 11. The van der Waals surface area contributed by atoms with Crippen LogP contribution < -0.4 is 16.2 Å². The third-order valence-electron chi connectivity index (χ3n) is 3.54.